The second-order valence-corrected chi connectivity index (χ2v) is 15.8. The predicted molar refractivity (Wildman–Crippen MR) is 153 cm³/mol. The van der Waals surface area contributed by atoms with Gasteiger partial charge in [0, 0.05) is 20.1 Å². The van der Waals surface area contributed by atoms with Gasteiger partial charge < -0.3 is 19.7 Å². The maximum Gasteiger partial charge on any atom is 0.210 e. The summed E-state index contributed by atoms with van der Waals surface area (Å²) in [5, 5.41) is 16.6. The number of methoxy groups -OCH3 is 1. The zero-order chi connectivity index (χ0) is 28.2. The summed E-state index contributed by atoms with van der Waals surface area (Å²) in [4.78, 5) is 2.65. The molecule has 1 aliphatic rings. The molecule has 37 heavy (non-hydrogen) atoms. The Morgan fingerprint density at radius 3 is 1.78 bits per heavy atom. The number of hydrogen-bond acceptors (Lipinski definition) is 5. The first kappa shape index (κ1) is 30.3. The largest absolute Gasteiger partial charge is 0.396 e. The average molecular weight is 525 g/mol. The molecule has 1 aliphatic heterocycles. The van der Waals surface area contributed by atoms with Crippen LogP contribution in [0.25, 0.3) is 10.4 Å². The van der Waals surface area contributed by atoms with Gasteiger partial charge in [-0.15, -0.1) is 0 Å². The summed E-state index contributed by atoms with van der Waals surface area (Å²) in [7, 11) is 0.997. The molecule has 3 atom stereocenters. The monoisotopic (exact) mass is 524 g/mol. The van der Waals surface area contributed by atoms with Crippen LogP contribution in [0.2, 0.25) is 26.2 Å². The number of aliphatic hydroxyl groups excluding tert-OH is 2. The lowest BCUT2D eigenvalue weighted by molar-refractivity contribution is 0.0484. The van der Waals surface area contributed by atoms with Crippen molar-refractivity contribution in [3.8, 4) is 0 Å². The lowest BCUT2D eigenvalue weighted by atomic mass is 10.1. The standard InChI is InChI=1S/C9H12O2.C8H9N3O.C8H8O.C4H12Si/c1-11-9(7-10)8-5-3-2-4-6-8;9-11-10-8(6-12)7-4-2-1-3-5-7;1-2-4-7(5-3-1)8-6-9-8;1-5(2,3)4/h2-6,9-10H,7H2,1H3;1-5,8,12H,6H2;1-5,8H,6H2;1-4H3/t9-;2*8-;/m110./s1/i10D;;;. The van der Waals surface area contributed by atoms with E-state index in [9.17, 15) is 0 Å². The third-order valence-corrected chi connectivity index (χ3v) is 4.66. The minimum absolute atomic E-state index is 0.135. The zero-order valence-corrected chi connectivity index (χ0v) is 23.5. The van der Waals surface area contributed by atoms with Crippen LogP contribution in [0.4, 0.5) is 0 Å². The summed E-state index contributed by atoms with van der Waals surface area (Å²) >= 11 is 0. The Balaban J connectivity index is 0.000000264. The maximum absolute atomic E-state index is 8.85. The number of ether oxygens (including phenoxy) is 2. The summed E-state index contributed by atoms with van der Waals surface area (Å²) < 4.78 is 16.8. The van der Waals surface area contributed by atoms with Crippen molar-refractivity contribution in [1.82, 2.24) is 0 Å². The van der Waals surface area contributed by atoms with Crippen molar-refractivity contribution < 1.29 is 19.7 Å². The van der Waals surface area contributed by atoms with Gasteiger partial charge >= 0.3 is 0 Å². The van der Waals surface area contributed by atoms with Gasteiger partial charge in [0.05, 0.1) is 25.9 Å². The van der Waals surface area contributed by atoms with E-state index < -0.39 is 14.1 Å². The highest BCUT2D eigenvalue weighted by Crippen LogP contribution is 2.28. The van der Waals surface area contributed by atoms with Crippen molar-refractivity contribution in [3.63, 3.8) is 0 Å². The van der Waals surface area contributed by atoms with E-state index in [1.165, 1.54) is 5.56 Å². The van der Waals surface area contributed by atoms with Gasteiger partial charge in [-0.1, -0.05) is 122 Å². The number of azide groups is 1. The molecule has 0 unspecified atom stereocenters. The summed E-state index contributed by atoms with van der Waals surface area (Å²) in [6.45, 7) is 10.3. The SMILES string of the molecule is C[Si](C)(C)C.[2H]OC[C@@H](OC)c1ccccc1.[N-]=[N+]=N[C@H](CO)c1ccccc1.c1ccc([C@@H]2CO2)cc1. The van der Waals surface area contributed by atoms with Crippen molar-refractivity contribution in [2.75, 3.05) is 26.9 Å². The van der Waals surface area contributed by atoms with Crippen molar-refractivity contribution in [2.24, 2.45) is 5.11 Å². The van der Waals surface area contributed by atoms with Gasteiger partial charge in [-0.3, -0.25) is 0 Å². The lowest BCUT2D eigenvalue weighted by Crippen LogP contribution is -2.10. The lowest BCUT2D eigenvalue weighted by Gasteiger charge is -2.11. The second kappa shape index (κ2) is 18.3. The average Bonchev–Trinajstić information content (AvgIpc) is 3.78. The molecule has 4 rings (SSSR count). The topological polar surface area (TPSA) is 111 Å². The minimum Gasteiger partial charge on any atom is -0.396 e. The smallest absolute Gasteiger partial charge is 0.210 e. The van der Waals surface area contributed by atoms with Crippen molar-refractivity contribution in [2.45, 2.75) is 44.4 Å². The number of benzene rings is 3. The van der Waals surface area contributed by atoms with Crippen LogP contribution in [0.5, 0.6) is 0 Å². The molecular formula is C29H41N3O4Si. The second-order valence-electron chi connectivity index (χ2n) is 9.85. The number of nitrogens with zero attached hydrogens (tertiary/aromatic N) is 3. The Bertz CT molecular complexity index is 1020. The van der Waals surface area contributed by atoms with Gasteiger partial charge in [-0.25, -0.2) is 0 Å². The van der Waals surface area contributed by atoms with Crippen molar-refractivity contribution in [1.29, 1.82) is 1.43 Å². The summed E-state index contributed by atoms with van der Waals surface area (Å²) in [6, 6.07) is 28.7. The highest BCUT2D eigenvalue weighted by atomic mass is 28.3. The molecule has 1 heterocycles. The quantitative estimate of drug-likeness (QED) is 0.107. The molecule has 1 saturated heterocycles. The Hall–Kier alpha value is -2.97. The van der Waals surface area contributed by atoms with Crippen LogP contribution in [-0.4, -0.2) is 46.7 Å². The first-order chi connectivity index (χ1) is 18.2. The van der Waals surface area contributed by atoms with Gasteiger partial charge in [-0.2, -0.15) is 0 Å². The first-order valence-electron chi connectivity index (χ1n) is 12.7. The van der Waals surface area contributed by atoms with Gasteiger partial charge in [0.15, 0.2) is 0 Å². The highest BCUT2D eigenvalue weighted by molar-refractivity contribution is 6.74. The van der Waals surface area contributed by atoms with Crippen LogP contribution >= 0.6 is 0 Å². The van der Waals surface area contributed by atoms with E-state index in [0.29, 0.717) is 6.10 Å². The van der Waals surface area contributed by atoms with Crippen LogP contribution in [-0.2, 0) is 9.47 Å². The summed E-state index contributed by atoms with van der Waals surface area (Å²) in [6.07, 6.45) is 0.273. The van der Waals surface area contributed by atoms with Crippen LogP contribution in [0, 0.1) is 0 Å². The Morgan fingerprint density at radius 2 is 1.41 bits per heavy atom. The number of rotatable bonds is 8. The minimum atomic E-state index is -0.611. The van der Waals surface area contributed by atoms with Crippen LogP contribution < -0.4 is 0 Å². The van der Waals surface area contributed by atoms with E-state index >= 15 is 0 Å². The van der Waals surface area contributed by atoms with Crippen LogP contribution in [0.1, 0.15) is 34.9 Å². The zero-order valence-electron chi connectivity index (χ0n) is 23.5. The Labute approximate surface area is 223 Å². The molecule has 0 saturated carbocycles. The molecule has 0 spiro atoms. The molecule has 3 aromatic carbocycles. The molecule has 1 fully saturated rings. The number of epoxide rings is 1. The highest BCUT2D eigenvalue weighted by Gasteiger charge is 2.23. The summed E-state index contributed by atoms with van der Waals surface area (Å²) in [5.41, 5.74) is 11.3. The van der Waals surface area contributed by atoms with Gasteiger partial charge in [-0.05, 0) is 22.2 Å². The molecule has 200 valence electrons. The fourth-order valence-electron chi connectivity index (χ4n) is 2.82. The Morgan fingerprint density at radius 1 is 0.946 bits per heavy atom. The summed E-state index contributed by atoms with van der Waals surface area (Å²) in [5.74, 6) is 0. The molecule has 7 nitrogen and oxygen atoms in total. The molecule has 0 aromatic heterocycles. The molecule has 0 radical (unpaired) electrons. The third kappa shape index (κ3) is 15.7. The van der Waals surface area contributed by atoms with Crippen molar-refractivity contribution in [3.05, 3.63) is 118 Å². The molecule has 0 bridgehead atoms. The molecule has 0 aliphatic carbocycles. The molecular weight excluding hydrogens is 482 g/mol. The Kier molecular flexibility index (Phi) is 15.0. The number of hydrogen-bond donors (Lipinski definition) is 2. The van der Waals surface area contributed by atoms with E-state index in [0.717, 1.165) is 17.7 Å². The molecule has 8 heteroatoms. The van der Waals surface area contributed by atoms with E-state index in [4.69, 9.17) is 21.5 Å². The van der Waals surface area contributed by atoms with Gasteiger partial charge in [0.25, 0.3) is 0 Å². The van der Waals surface area contributed by atoms with E-state index in [2.05, 4.69) is 53.5 Å². The number of aliphatic hydroxyl groups is 2. The van der Waals surface area contributed by atoms with Gasteiger partial charge in [0.1, 0.15) is 12.2 Å². The first-order valence-corrected chi connectivity index (χ1v) is 16.3. The van der Waals surface area contributed by atoms with Crippen LogP contribution in [0.3, 0.4) is 0 Å². The predicted octanol–water partition coefficient (Wildman–Crippen LogP) is 7.11. The molecule has 3 aromatic rings. The van der Waals surface area contributed by atoms with Crippen molar-refractivity contribution >= 4 is 8.07 Å². The van der Waals surface area contributed by atoms with E-state index in [1.54, 1.807) is 7.11 Å². The maximum atomic E-state index is 8.85. The van der Waals surface area contributed by atoms with Crippen LogP contribution in [0.15, 0.2) is 96.1 Å². The fraction of sp³-hybridized carbons (Fsp3) is 0.379. The van der Waals surface area contributed by atoms with E-state index in [-0.39, 0.29) is 19.3 Å². The third-order valence-electron chi connectivity index (χ3n) is 4.66. The molecule has 2 N–H and O–H groups in total. The normalized spacial score (nSPS) is 15.4. The van der Waals surface area contributed by atoms with Gasteiger partial charge in [0.2, 0.25) is 1.43 Å². The van der Waals surface area contributed by atoms with E-state index in [1.807, 2.05) is 78.9 Å². The molecule has 0 amide bonds. The fourth-order valence-corrected chi connectivity index (χ4v) is 2.82.